The molecule has 0 radical (unpaired) electrons. The third-order valence-corrected chi connectivity index (χ3v) is 2.76. The zero-order valence-electron chi connectivity index (χ0n) is 11.4. The number of benzene rings is 1. The fourth-order valence-corrected chi connectivity index (χ4v) is 1.68. The number of carboxylic acid groups (broad SMARTS) is 1. The predicted molar refractivity (Wildman–Crippen MR) is 71.1 cm³/mol. The molecule has 0 saturated carbocycles. The summed E-state index contributed by atoms with van der Waals surface area (Å²) in [5.41, 5.74) is 0.977. The van der Waals surface area contributed by atoms with E-state index in [2.05, 4.69) is 0 Å². The average Bonchev–Trinajstić information content (AvgIpc) is 2.37. The van der Waals surface area contributed by atoms with Crippen LogP contribution in [-0.2, 0) is 11.3 Å². The molecular weight excluding hydrogens is 246 g/mol. The van der Waals surface area contributed by atoms with Crippen LogP contribution in [-0.4, -0.2) is 34.7 Å². The van der Waals surface area contributed by atoms with Gasteiger partial charge < -0.3 is 14.7 Å². The van der Waals surface area contributed by atoms with Gasteiger partial charge >= 0.3 is 12.1 Å². The maximum atomic E-state index is 11.8. The second kappa shape index (κ2) is 6.78. The van der Waals surface area contributed by atoms with Gasteiger partial charge in [0, 0.05) is 12.6 Å². The third-order valence-electron chi connectivity index (χ3n) is 2.76. The number of carbonyl (C=O) groups is 2. The molecule has 0 atom stereocenters. The molecule has 0 spiro atoms. The fraction of sp³-hybridized carbons (Fsp3) is 0.429. The van der Waals surface area contributed by atoms with Crippen LogP contribution in [0.25, 0.3) is 0 Å². The Morgan fingerprint density at radius 1 is 1.26 bits per heavy atom. The highest BCUT2D eigenvalue weighted by Gasteiger charge is 2.16. The largest absolute Gasteiger partial charge is 0.478 e. The molecule has 1 N–H and O–H groups in total. The van der Waals surface area contributed by atoms with Gasteiger partial charge in [-0.3, -0.25) is 0 Å². The molecule has 0 saturated heterocycles. The van der Waals surface area contributed by atoms with Crippen LogP contribution < -0.4 is 0 Å². The molecular formula is C14H19NO4. The van der Waals surface area contributed by atoms with Crippen LogP contribution in [0.2, 0.25) is 0 Å². The summed E-state index contributed by atoms with van der Waals surface area (Å²) >= 11 is 0. The Hall–Kier alpha value is -2.04. The van der Waals surface area contributed by atoms with E-state index >= 15 is 0 Å². The van der Waals surface area contributed by atoms with Gasteiger partial charge in [0.25, 0.3) is 0 Å². The molecule has 0 unspecified atom stereocenters. The third kappa shape index (κ3) is 4.28. The standard InChI is InChI=1S/C14H19NO4/c1-4-15(10(2)3)14(18)19-9-11-5-7-12(8-6-11)13(16)17/h5-8,10H,4,9H2,1-3H3,(H,16,17). The Labute approximate surface area is 112 Å². The lowest BCUT2D eigenvalue weighted by atomic mass is 10.1. The SMILES string of the molecule is CCN(C(=O)OCc1ccc(C(=O)O)cc1)C(C)C. The van der Waals surface area contributed by atoms with Crippen LogP contribution >= 0.6 is 0 Å². The molecule has 0 aliphatic heterocycles. The summed E-state index contributed by atoms with van der Waals surface area (Å²) in [4.78, 5) is 24.1. The molecule has 19 heavy (non-hydrogen) atoms. The summed E-state index contributed by atoms with van der Waals surface area (Å²) in [5, 5.41) is 8.77. The quantitative estimate of drug-likeness (QED) is 0.889. The van der Waals surface area contributed by atoms with Gasteiger partial charge in [0.1, 0.15) is 6.61 Å². The molecule has 0 fully saturated rings. The van der Waals surface area contributed by atoms with E-state index < -0.39 is 5.97 Å². The zero-order valence-corrected chi connectivity index (χ0v) is 11.4. The van der Waals surface area contributed by atoms with Crippen molar-refractivity contribution in [2.45, 2.75) is 33.4 Å². The molecule has 5 heteroatoms. The van der Waals surface area contributed by atoms with Gasteiger partial charge in [-0.15, -0.1) is 0 Å². The summed E-state index contributed by atoms with van der Waals surface area (Å²) in [7, 11) is 0. The average molecular weight is 265 g/mol. The summed E-state index contributed by atoms with van der Waals surface area (Å²) < 4.78 is 5.18. The van der Waals surface area contributed by atoms with Gasteiger partial charge in [-0.2, -0.15) is 0 Å². The minimum Gasteiger partial charge on any atom is -0.478 e. The molecule has 1 rings (SSSR count). The van der Waals surface area contributed by atoms with E-state index in [0.717, 1.165) is 5.56 Å². The van der Waals surface area contributed by atoms with Crippen molar-refractivity contribution in [1.82, 2.24) is 4.90 Å². The Bertz CT molecular complexity index is 439. The summed E-state index contributed by atoms with van der Waals surface area (Å²) in [6.07, 6.45) is -0.361. The van der Waals surface area contributed by atoms with Crippen molar-refractivity contribution in [1.29, 1.82) is 0 Å². The Morgan fingerprint density at radius 3 is 2.26 bits per heavy atom. The van der Waals surface area contributed by atoms with Crippen molar-refractivity contribution in [3.63, 3.8) is 0 Å². The minimum atomic E-state index is -0.972. The van der Waals surface area contributed by atoms with Crippen molar-refractivity contribution in [2.24, 2.45) is 0 Å². The lowest BCUT2D eigenvalue weighted by Gasteiger charge is -2.24. The Kier molecular flexibility index (Phi) is 5.36. The topological polar surface area (TPSA) is 66.8 Å². The van der Waals surface area contributed by atoms with Crippen LogP contribution in [0.5, 0.6) is 0 Å². The van der Waals surface area contributed by atoms with E-state index in [9.17, 15) is 9.59 Å². The van der Waals surface area contributed by atoms with Crippen LogP contribution in [0, 0.1) is 0 Å². The van der Waals surface area contributed by atoms with Crippen molar-refractivity contribution in [3.8, 4) is 0 Å². The van der Waals surface area contributed by atoms with Gasteiger partial charge in [-0.25, -0.2) is 9.59 Å². The molecule has 0 bridgehead atoms. The molecule has 1 amide bonds. The number of nitrogens with zero attached hydrogens (tertiary/aromatic N) is 1. The first-order valence-corrected chi connectivity index (χ1v) is 6.21. The highest BCUT2D eigenvalue weighted by atomic mass is 16.6. The molecule has 0 aromatic heterocycles. The zero-order chi connectivity index (χ0) is 14.4. The fourth-order valence-electron chi connectivity index (χ4n) is 1.68. The highest BCUT2D eigenvalue weighted by Crippen LogP contribution is 2.08. The Balaban J connectivity index is 2.57. The van der Waals surface area contributed by atoms with Crippen LogP contribution in [0.15, 0.2) is 24.3 Å². The van der Waals surface area contributed by atoms with Gasteiger partial charge in [0.05, 0.1) is 5.56 Å². The van der Waals surface area contributed by atoms with Crippen LogP contribution in [0.1, 0.15) is 36.7 Å². The molecule has 0 heterocycles. The van der Waals surface area contributed by atoms with E-state index in [-0.39, 0.29) is 24.3 Å². The molecule has 5 nitrogen and oxygen atoms in total. The number of hydrogen-bond acceptors (Lipinski definition) is 3. The maximum absolute atomic E-state index is 11.8. The predicted octanol–water partition coefficient (Wildman–Crippen LogP) is 2.75. The van der Waals surface area contributed by atoms with E-state index in [0.29, 0.717) is 6.54 Å². The molecule has 1 aromatic rings. The minimum absolute atomic E-state index is 0.0897. The van der Waals surface area contributed by atoms with E-state index in [4.69, 9.17) is 9.84 Å². The lowest BCUT2D eigenvalue weighted by Crippen LogP contribution is -2.37. The molecule has 1 aromatic carbocycles. The Morgan fingerprint density at radius 2 is 1.84 bits per heavy atom. The molecule has 0 aliphatic carbocycles. The summed E-state index contributed by atoms with van der Waals surface area (Å²) in [6, 6.07) is 6.36. The monoisotopic (exact) mass is 265 g/mol. The normalized spacial score (nSPS) is 10.3. The van der Waals surface area contributed by atoms with E-state index in [1.54, 1.807) is 17.0 Å². The van der Waals surface area contributed by atoms with Crippen molar-refractivity contribution >= 4 is 12.1 Å². The van der Waals surface area contributed by atoms with Crippen molar-refractivity contribution in [2.75, 3.05) is 6.54 Å². The molecule has 0 aliphatic rings. The van der Waals surface area contributed by atoms with E-state index in [1.165, 1.54) is 12.1 Å². The van der Waals surface area contributed by atoms with Gasteiger partial charge in [-0.1, -0.05) is 12.1 Å². The summed E-state index contributed by atoms with van der Waals surface area (Å²) in [5.74, 6) is -0.972. The van der Waals surface area contributed by atoms with Crippen molar-refractivity contribution < 1.29 is 19.4 Å². The van der Waals surface area contributed by atoms with Gasteiger partial charge in [0.15, 0.2) is 0 Å². The van der Waals surface area contributed by atoms with Gasteiger partial charge in [-0.05, 0) is 38.5 Å². The van der Waals surface area contributed by atoms with Crippen LogP contribution in [0.3, 0.4) is 0 Å². The summed E-state index contributed by atoms with van der Waals surface area (Å²) in [6.45, 7) is 6.47. The first-order chi connectivity index (χ1) is 8.95. The number of carbonyl (C=O) groups excluding carboxylic acids is 1. The number of rotatable bonds is 5. The second-order valence-electron chi connectivity index (χ2n) is 4.44. The molecule has 104 valence electrons. The number of ether oxygens (including phenoxy) is 1. The number of carboxylic acids is 1. The number of amides is 1. The maximum Gasteiger partial charge on any atom is 0.410 e. The van der Waals surface area contributed by atoms with Gasteiger partial charge in [0.2, 0.25) is 0 Å². The van der Waals surface area contributed by atoms with E-state index in [1.807, 2.05) is 20.8 Å². The number of hydrogen-bond donors (Lipinski definition) is 1. The van der Waals surface area contributed by atoms with Crippen molar-refractivity contribution in [3.05, 3.63) is 35.4 Å². The second-order valence-corrected chi connectivity index (χ2v) is 4.44. The highest BCUT2D eigenvalue weighted by molar-refractivity contribution is 5.87. The van der Waals surface area contributed by atoms with Crippen LogP contribution in [0.4, 0.5) is 4.79 Å². The lowest BCUT2D eigenvalue weighted by molar-refractivity contribution is 0.0695. The first kappa shape index (κ1) is 15.0. The number of aromatic carboxylic acids is 1. The first-order valence-electron chi connectivity index (χ1n) is 6.21. The smallest absolute Gasteiger partial charge is 0.410 e.